The van der Waals surface area contributed by atoms with Gasteiger partial charge in [-0.25, -0.2) is 17.5 Å². The van der Waals surface area contributed by atoms with E-state index in [9.17, 15) is 26.0 Å². The van der Waals surface area contributed by atoms with E-state index >= 15 is 0 Å². The summed E-state index contributed by atoms with van der Waals surface area (Å²) in [4.78, 5) is 3.06. The molecule has 2 aromatic rings. The summed E-state index contributed by atoms with van der Waals surface area (Å²) in [5, 5.41) is 9.11. The minimum Gasteiger partial charge on any atom is -0.254 e. The van der Waals surface area contributed by atoms with Gasteiger partial charge in [-0.05, 0) is 30.7 Å². The fourth-order valence-electron chi connectivity index (χ4n) is 2.57. The summed E-state index contributed by atoms with van der Waals surface area (Å²) < 4.78 is 81.7. The molecule has 144 valence electrons. The lowest BCUT2D eigenvalue weighted by Crippen LogP contribution is -2.30. The summed E-state index contributed by atoms with van der Waals surface area (Å²) in [6, 6.07) is 6.14. The van der Waals surface area contributed by atoms with Gasteiger partial charge in [0.2, 0.25) is 10.0 Å². The molecule has 0 aliphatic carbocycles. The van der Waals surface area contributed by atoms with Crippen molar-refractivity contribution >= 4 is 10.0 Å². The molecule has 5 nitrogen and oxygen atoms in total. The molecule has 0 radical (unpaired) electrons. The molecule has 1 atom stereocenters. The number of halogens is 4. The molecule has 0 aliphatic rings. The Bertz CT molecular complexity index is 981. The van der Waals surface area contributed by atoms with E-state index in [1.807, 2.05) is 0 Å². The number of hydrogen-bond acceptors (Lipinski definition) is 4. The second kappa shape index (κ2) is 7.62. The molecular formula is C17H15F4N3O2S. The first-order chi connectivity index (χ1) is 12.5. The molecule has 0 spiro atoms. The fraction of sp³-hybridized carbons (Fsp3) is 0.294. The molecule has 10 heteroatoms. The van der Waals surface area contributed by atoms with Crippen molar-refractivity contribution in [2.45, 2.75) is 30.8 Å². The number of sulfonamides is 1. The third-order valence-corrected chi connectivity index (χ3v) is 5.33. The molecule has 1 heterocycles. The number of pyridine rings is 1. The first-order valence-corrected chi connectivity index (χ1v) is 9.23. The predicted octanol–water partition coefficient (Wildman–Crippen LogP) is 3.39. The van der Waals surface area contributed by atoms with Crippen molar-refractivity contribution in [2.75, 3.05) is 6.54 Å². The molecule has 0 fully saturated rings. The molecule has 0 aliphatic heterocycles. The summed E-state index contributed by atoms with van der Waals surface area (Å²) >= 11 is 0. The molecule has 0 bridgehead atoms. The molecule has 1 N–H and O–H groups in total. The Morgan fingerprint density at radius 3 is 2.33 bits per heavy atom. The van der Waals surface area contributed by atoms with Crippen LogP contribution in [0.4, 0.5) is 17.6 Å². The average molecular weight is 401 g/mol. The van der Waals surface area contributed by atoms with Gasteiger partial charge in [0.25, 0.3) is 0 Å². The molecule has 27 heavy (non-hydrogen) atoms. The number of rotatable bonds is 5. The van der Waals surface area contributed by atoms with Gasteiger partial charge < -0.3 is 0 Å². The standard InChI is InChI=1S/C17H15F4N3O2S/c1-3-23-27(25,26)14-8-12(9-22)10(2)24-16(14)15(17(19,20)21)11-4-6-13(18)7-5-11/h4-8,15,23H,3H2,1-2H3. The number of hydrogen-bond donors (Lipinski definition) is 1. The van der Waals surface area contributed by atoms with Gasteiger partial charge in [0.1, 0.15) is 22.7 Å². The number of alkyl halides is 3. The maximum absolute atomic E-state index is 13.8. The van der Waals surface area contributed by atoms with Crippen LogP contribution in [0.5, 0.6) is 0 Å². The highest BCUT2D eigenvalue weighted by Crippen LogP contribution is 2.42. The van der Waals surface area contributed by atoms with Gasteiger partial charge in [-0.2, -0.15) is 18.4 Å². The lowest BCUT2D eigenvalue weighted by atomic mass is 9.93. The van der Waals surface area contributed by atoms with Crippen molar-refractivity contribution in [3.8, 4) is 6.07 Å². The van der Waals surface area contributed by atoms with Gasteiger partial charge in [-0.1, -0.05) is 19.1 Å². The van der Waals surface area contributed by atoms with Gasteiger partial charge in [0.15, 0.2) is 0 Å². The Balaban J connectivity index is 2.85. The Hall–Kier alpha value is -2.51. The van der Waals surface area contributed by atoms with Crippen LogP contribution in [0.1, 0.15) is 35.4 Å². The predicted molar refractivity (Wildman–Crippen MR) is 88.8 cm³/mol. The fourth-order valence-corrected chi connectivity index (χ4v) is 3.81. The topological polar surface area (TPSA) is 82.9 Å². The summed E-state index contributed by atoms with van der Waals surface area (Å²) in [7, 11) is -4.35. The van der Waals surface area contributed by atoms with Crippen molar-refractivity contribution < 1.29 is 26.0 Å². The lowest BCUT2D eigenvalue weighted by molar-refractivity contribution is -0.142. The van der Waals surface area contributed by atoms with Crippen molar-refractivity contribution in [3.05, 3.63) is 58.7 Å². The second-order valence-corrected chi connectivity index (χ2v) is 7.38. The molecule has 0 amide bonds. The maximum Gasteiger partial charge on any atom is 0.401 e. The van der Waals surface area contributed by atoms with E-state index in [1.54, 1.807) is 6.07 Å². The third-order valence-electron chi connectivity index (χ3n) is 3.75. The number of nitrogens with one attached hydrogen (secondary N) is 1. The summed E-state index contributed by atoms with van der Waals surface area (Å²) in [6.45, 7) is 2.71. The van der Waals surface area contributed by atoms with E-state index in [0.717, 1.165) is 30.3 Å². The summed E-state index contributed by atoms with van der Waals surface area (Å²) in [5.74, 6) is -3.14. The van der Waals surface area contributed by atoms with Crippen molar-refractivity contribution in [3.63, 3.8) is 0 Å². The van der Waals surface area contributed by atoms with E-state index in [-0.39, 0.29) is 23.4 Å². The van der Waals surface area contributed by atoms with Crippen LogP contribution in [-0.4, -0.2) is 26.1 Å². The summed E-state index contributed by atoms with van der Waals surface area (Å²) in [6.07, 6.45) is -4.90. The van der Waals surface area contributed by atoms with Crippen LogP contribution < -0.4 is 4.72 Å². The van der Waals surface area contributed by atoms with Crippen LogP contribution >= 0.6 is 0 Å². The zero-order valence-electron chi connectivity index (χ0n) is 14.3. The molecule has 1 aromatic heterocycles. The van der Waals surface area contributed by atoms with E-state index in [4.69, 9.17) is 5.26 Å². The quantitative estimate of drug-likeness (QED) is 0.779. The van der Waals surface area contributed by atoms with Crippen LogP contribution in [0.2, 0.25) is 0 Å². The van der Waals surface area contributed by atoms with Gasteiger partial charge in [0, 0.05) is 6.54 Å². The van der Waals surface area contributed by atoms with E-state index in [0.29, 0.717) is 0 Å². The van der Waals surface area contributed by atoms with Crippen LogP contribution in [0.25, 0.3) is 0 Å². The Morgan fingerprint density at radius 2 is 1.85 bits per heavy atom. The van der Waals surface area contributed by atoms with Gasteiger partial charge in [-0.15, -0.1) is 0 Å². The van der Waals surface area contributed by atoms with Crippen LogP contribution in [0.3, 0.4) is 0 Å². The molecule has 1 unspecified atom stereocenters. The zero-order chi connectivity index (χ0) is 20.4. The number of aromatic nitrogens is 1. The lowest BCUT2D eigenvalue weighted by Gasteiger charge is -2.23. The first kappa shape index (κ1) is 20.8. The van der Waals surface area contributed by atoms with E-state index < -0.39 is 38.5 Å². The molecule has 0 saturated carbocycles. The Morgan fingerprint density at radius 1 is 1.26 bits per heavy atom. The maximum atomic E-state index is 13.8. The van der Waals surface area contributed by atoms with Gasteiger partial charge in [0.05, 0.1) is 17.0 Å². The molecule has 1 aromatic carbocycles. The minimum absolute atomic E-state index is 0.0423. The van der Waals surface area contributed by atoms with E-state index in [2.05, 4.69) is 9.71 Å². The SMILES string of the molecule is CCNS(=O)(=O)c1cc(C#N)c(C)nc1C(c1ccc(F)cc1)C(F)(F)F. The van der Waals surface area contributed by atoms with Gasteiger partial charge >= 0.3 is 6.18 Å². The molecule has 0 saturated heterocycles. The third kappa shape index (κ3) is 4.43. The van der Waals surface area contributed by atoms with E-state index in [1.165, 1.54) is 13.8 Å². The second-order valence-electron chi connectivity index (χ2n) is 5.64. The first-order valence-electron chi connectivity index (χ1n) is 7.74. The van der Waals surface area contributed by atoms with Crippen molar-refractivity contribution in [2.24, 2.45) is 0 Å². The zero-order valence-corrected chi connectivity index (χ0v) is 15.1. The average Bonchev–Trinajstić information content (AvgIpc) is 2.55. The largest absolute Gasteiger partial charge is 0.401 e. The smallest absolute Gasteiger partial charge is 0.254 e. The Labute approximate surface area is 153 Å². The number of benzene rings is 1. The van der Waals surface area contributed by atoms with Gasteiger partial charge in [-0.3, -0.25) is 4.98 Å². The van der Waals surface area contributed by atoms with Crippen molar-refractivity contribution in [1.29, 1.82) is 5.26 Å². The normalized spacial score (nSPS) is 13.2. The highest BCUT2D eigenvalue weighted by molar-refractivity contribution is 7.89. The molecular weight excluding hydrogens is 386 g/mol. The number of aryl methyl sites for hydroxylation is 1. The van der Waals surface area contributed by atoms with Crippen LogP contribution in [0, 0.1) is 24.1 Å². The highest BCUT2D eigenvalue weighted by Gasteiger charge is 2.45. The van der Waals surface area contributed by atoms with Crippen molar-refractivity contribution in [1.82, 2.24) is 9.71 Å². The Kier molecular flexibility index (Phi) is 5.87. The number of nitriles is 1. The van der Waals surface area contributed by atoms with Crippen LogP contribution in [0.15, 0.2) is 35.2 Å². The minimum atomic E-state index is -4.90. The monoisotopic (exact) mass is 401 g/mol. The number of nitrogens with zero attached hydrogens (tertiary/aromatic N) is 2. The molecule has 2 rings (SSSR count). The summed E-state index contributed by atoms with van der Waals surface area (Å²) in [5.41, 5.74) is -1.34. The van der Waals surface area contributed by atoms with Crippen LogP contribution in [-0.2, 0) is 10.0 Å². The highest BCUT2D eigenvalue weighted by atomic mass is 32.2.